The lowest BCUT2D eigenvalue weighted by Gasteiger charge is -2.11. The molecule has 0 spiro atoms. The highest BCUT2D eigenvalue weighted by molar-refractivity contribution is 5.68. The molecule has 4 nitrogen and oxygen atoms in total. The van der Waals surface area contributed by atoms with Crippen LogP contribution in [-0.4, -0.2) is 9.97 Å². The van der Waals surface area contributed by atoms with Gasteiger partial charge in [0, 0.05) is 6.20 Å². The summed E-state index contributed by atoms with van der Waals surface area (Å²) in [6, 6.07) is 5.96. The van der Waals surface area contributed by atoms with Crippen LogP contribution < -0.4 is 11.1 Å². The van der Waals surface area contributed by atoms with Gasteiger partial charge in [0.1, 0.15) is 5.82 Å². The average molecular weight is 242 g/mol. The van der Waals surface area contributed by atoms with E-state index >= 15 is 0 Å². The van der Waals surface area contributed by atoms with Crippen molar-refractivity contribution in [2.75, 3.05) is 11.1 Å². The van der Waals surface area contributed by atoms with Gasteiger partial charge in [0.25, 0.3) is 0 Å². The highest BCUT2D eigenvalue weighted by Crippen LogP contribution is 2.23. The predicted molar refractivity (Wildman–Crippen MR) is 74.4 cm³/mol. The average Bonchev–Trinajstić information content (AvgIpc) is 2.32. The molecule has 4 heteroatoms. The molecule has 0 unspecified atom stereocenters. The minimum absolute atomic E-state index is 0.649. The molecule has 0 saturated carbocycles. The Hall–Kier alpha value is -2.10. The monoisotopic (exact) mass is 242 g/mol. The van der Waals surface area contributed by atoms with Crippen LogP contribution in [0.5, 0.6) is 0 Å². The second kappa shape index (κ2) is 5.04. The number of nitrogens with one attached hydrogen (secondary N) is 1. The zero-order valence-electron chi connectivity index (χ0n) is 11.0. The highest BCUT2D eigenvalue weighted by Gasteiger charge is 2.03. The summed E-state index contributed by atoms with van der Waals surface area (Å²) >= 11 is 0. The summed E-state index contributed by atoms with van der Waals surface area (Å²) in [5.41, 5.74) is 11.1. The highest BCUT2D eigenvalue weighted by atomic mass is 14.9. The number of hydrogen-bond acceptors (Lipinski definition) is 4. The molecule has 0 bridgehead atoms. The Balaban J connectivity index is 2.13. The van der Waals surface area contributed by atoms with Gasteiger partial charge in [0.2, 0.25) is 0 Å². The fourth-order valence-electron chi connectivity index (χ4n) is 1.78. The molecule has 0 aliphatic rings. The van der Waals surface area contributed by atoms with Crippen molar-refractivity contribution in [1.29, 1.82) is 0 Å². The number of hydrogen-bond donors (Lipinski definition) is 2. The first-order valence-electron chi connectivity index (χ1n) is 5.95. The van der Waals surface area contributed by atoms with Crippen LogP contribution in [0, 0.1) is 20.8 Å². The molecule has 94 valence electrons. The maximum absolute atomic E-state index is 5.99. The van der Waals surface area contributed by atoms with Crippen LogP contribution in [0.25, 0.3) is 0 Å². The maximum atomic E-state index is 5.99. The lowest BCUT2D eigenvalue weighted by Crippen LogP contribution is -2.06. The molecule has 2 aromatic rings. The largest absolute Gasteiger partial charge is 0.397 e. The van der Waals surface area contributed by atoms with Crippen LogP contribution in [0.4, 0.5) is 11.4 Å². The van der Waals surface area contributed by atoms with Gasteiger partial charge in [0.15, 0.2) is 0 Å². The van der Waals surface area contributed by atoms with E-state index in [1.54, 1.807) is 6.20 Å². The van der Waals surface area contributed by atoms with Gasteiger partial charge in [-0.1, -0.05) is 0 Å². The Kier molecular flexibility index (Phi) is 3.46. The van der Waals surface area contributed by atoms with Gasteiger partial charge >= 0.3 is 0 Å². The summed E-state index contributed by atoms with van der Waals surface area (Å²) in [5, 5.41) is 3.31. The molecular weight excluding hydrogens is 224 g/mol. The third-order valence-corrected chi connectivity index (χ3v) is 2.96. The number of aryl methyl sites for hydroxylation is 3. The van der Waals surface area contributed by atoms with Gasteiger partial charge < -0.3 is 11.1 Å². The first kappa shape index (κ1) is 12.4. The van der Waals surface area contributed by atoms with Crippen molar-refractivity contribution in [1.82, 2.24) is 9.97 Å². The predicted octanol–water partition coefficient (Wildman–Crippen LogP) is 2.60. The third-order valence-electron chi connectivity index (χ3n) is 2.96. The minimum Gasteiger partial charge on any atom is -0.397 e. The quantitative estimate of drug-likeness (QED) is 0.812. The summed E-state index contributed by atoms with van der Waals surface area (Å²) in [7, 11) is 0. The number of nitrogens with two attached hydrogens (primary N) is 1. The molecule has 1 aromatic heterocycles. The molecule has 1 heterocycles. The number of rotatable bonds is 3. The van der Waals surface area contributed by atoms with Crippen LogP contribution in [0.15, 0.2) is 24.4 Å². The van der Waals surface area contributed by atoms with Gasteiger partial charge in [-0.2, -0.15) is 0 Å². The lowest BCUT2D eigenvalue weighted by atomic mass is 10.1. The number of aromatic nitrogens is 2. The summed E-state index contributed by atoms with van der Waals surface area (Å²) < 4.78 is 0. The van der Waals surface area contributed by atoms with E-state index in [2.05, 4.69) is 35.2 Å². The molecule has 3 N–H and O–H groups in total. The molecule has 0 atom stereocenters. The standard InChI is InChI=1S/C14H18N4/c1-9-6-13(15)14(7-10(9)2)17-8-12-4-5-16-11(3)18-12/h4-7,17H,8,15H2,1-3H3. The normalized spacial score (nSPS) is 10.4. The first-order chi connectivity index (χ1) is 8.56. The minimum atomic E-state index is 0.649. The van der Waals surface area contributed by atoms with E-state index in [-0.39, 0.29) is 0 Å². The van der Waals surface area contributed by atoms with Crippen LogP contribution in [0.2, 0.25) is 0 Å². The van der Waals surface area contributed by atoms with Crippen molar-refractivity contribution in [3.63, 3.8) is 0 Å². The van der Waals surface area contributed by atoms with E-state index < -0.39 is 0 Å². The summed E-state index contributed by atoms with van der Waals surface area (Å²) in [5.74, 6) is 0.780. The molecule has 0 radical (unpaired) electrons. The molecule has 1 aromatic carbocycles. The summed E-state index contributed by atoms with van der Waals surface area (Å²) in [6.07, 6.45) is 1.77. The van der Waals surface area contributed by atoms with Crippen LogP contribution >= 0.6 is 0 Å². The molecule has 0 aliphatic heterocycles. The van der Waals surface area contributed by atoms with Gasteiger partial charge in [-0.05, 0) is 50.1 Å². The van der Waals surface area contributed by atoms with E-state index in [0.29, 0.717) is 6.54 Å². The van der Waals surface area contributed by atoms with Crippen molar-refractivity contribution < 1.29 is 0 Å². The van der Waals surface area contributed by atoms with E-state index in [9.17, 15) is 0 Å². The smallest absolute Gasteiger partial charge is 0.125 e. The molecule has 0 aliphatic carbocycles. The lowest BCUT2D eigenvalue weighted by molar-refractivity contribution is 0.955. The second-order valence-electron chi connectivity index (χ2n) is 4.47. The van der Waals surface area contributed by atoms with Gasteiger partial charge in [-0.25, -0.2) is 9.97 Å². The van der Waals surface area contributed by atoms with Gasteiger partial charge in [0.05, 0.1) is 23.6 Å². The third kappa shape index (κ3) is 2.77. The summed E-state index contributed by atoms with van der Waals surface area (Å²) in [4.78, 5) is 8.42. The maximum Gasteiger partial charge on any atom is 0.125 e. The van der Waals surface area contributed by atoms with Crippen LogP contribution in [0.1, 0.15) is 22.6 Å². The molecule has 2 rings (SSSR count). The Morgan fingerprint density at radius 3 is 2.61 bits per heavy atom. The molecular formula is C14H18N4. The number of nitrogen functional groups attached to an aromatic ring is 1. The molecule has 0 saturated heterocycles. The number of anilines is 2. The zero-order valence-corrected chi connectivity index (χ0v) is 11.0. The van der Waals surface area contributed by atoms with E-state index in [0.717, 1.165) is 22.9 Å². The molecule has 0 amide bonds. The van der Waals surface area contributed by atoms with E-state index in [1.165, 1.54) is 11.1 Å². The Morgan fingerprint density at radius 1 is 1.17 bits per heavy atom. The molecule has 18 heavy (non-hydrogen) atoms. The van der Waals surface area contributed by atoms with E-state index in [4.69, 9.17) is 5.73 Å². The fourth-order valence-corrected chi connectivity index (χ4v) is 1.78. The van der Waals surface area contributed by atoms with Crippen molar-refractivity contribution in [3.05, 3.63) is 47.0 Å². The first-order valence-corrected chi connectivity index (χ1v) is 5.95. The van der Waals surface area contributed by atoms with Crippen molar-refractivity contribution in [2.24, 2.45) is 0 Å². The van der Waals surface area contributed by atoms with Crippen LogP contribution in [-0.2, 0) is 6.54 Å². The SMILES string of the molecule is Cc1nccc(CNc2cc(C)c(C)cc2N)n1. The van der Waals surface area contributed by atoms with Gasteiger partial charge in [-0.3, -0.25) is 0 Å². The Bertz CT molecular complexity index is 564. The number of benzene rings is 1. The number of nitrogens with zero attached hydrogens (tertiary/aromatic N) is 2. The van der Waals surface area contributed by atoms with Crippen LogP contribution in [0.3, 0.4) is 0 Å². The topological polar surface area (TPSA) is 63.8 Å². The van der Waals surface area contributed by atoms with Crippen molar-refractivity contribution in [2.45, 2.75) is 27.3 Å². The fraction of sp³-hybridized carbons (Fsp3) is 0.286. The second-order valence-corrected chi connectivity index (χ2v) is 4.47. The molecule has 0 fully saturated rings. The van der Waals surface area contributed by atoms with Crippen molar-refractivity contribution in [3.8, 4) is 0 Å². The zero-order chi connectivity index (χ0) is 13.1. The van der Waals surface area contributed by atoms with E-state index in [1.807, 2.05) is 19.1 Å². The Labute approximate surface area is 107 Å². The van der Waals surface area contributed by atoms with Gasteiger partial charge in [-0.15, -0.1) is 0 Å². The Morgan fingerprint density at radius 2 is 1.89 bits per heavy atom. The summed E-state index contributed by atoms with van der Waals surface area (Å²) in [6.45, 7) is 6.67. The van der Waals surface area contributed by atoms with Crippen molar-refractivity contribution >= 4 is 11.4 Å².